The van der Waals surface area contributed by atoms with Crippen molar-refractivity contribution in [3.63, 3.8) is 0 Å². The van der Waals surface area contributed by atoms with E-state index in [9.17, 15) is 4.39 Å². The first-order valence-corrected chi connectivity index (χ1v) is 5.74. The third-order valence-electron chi connectivity index (χ3n) is 2.93. The molecule has 1 unspecified atom stereocenters. The number of benzene rings is 1. The van der Waals surface area contributed by atoms with Crippen molar-refractivity contribution < 1.29 is 9.13 Å². The molecule has 0 fully saturated rings. The quantitative estimate of drug-likeness (QED) is 0.858. The Hall–Kier alpha value is -1.13. The molecule has 0 aliphatic carbocycles. The van der Waals surface area contributed by atoms with Gasteiger partial charge >= 0.3 is 0 Å². The van der Waals surface area contributed by atoms with Gasteiger partial charge < -0.3 is 15.4 Å². The van der Waals surface area contributed by atoms with Gasteiger partial charge in [-0.25, -0.2) is 4.39 Å². The Morgan fingerprint density at radius 2 is 2.06 bits per heavy atom. The molecular formula is C13H21FN2O. The number of ether oxygens (including phenoxy) is 1. The molecule has 0 amide bonds. The first kappa shape index (κ1) is 13.9. The number of anilines is 1. The maximum Gasteiger partial charge on any atom is 0.130 e. The van der Waals surface area contributed by atoms with Gasteiger partial charge in [0.2, 0.25) is 0 Å². The molecule has 96 valence electrons. The molecule has 0 saturated heterocycles. The van der Waals surface area contributed by atoms with Gasteiger partial charge in [0.05, 0.1) is 6.61 Å². The highest BCUT2D eigenvalue weighted by Crippen LogP contribution is 2.28. The minimum atomic E-state index is -0.330. The van der Waals surface area contributed by atoms with E-state index in [-0.39, 0.29) is 17.9 Å². The maximum absolute atomic E-state index is 13.8. The van der Waals surface area contributed by atoms with E-state index in [1.54, 1.807) is 20.1 Å². The number of likely N-dealkylation sites (N-methyl/N-ethyl adjacent to an activating group) is 1. The Bertz CT molecular complexity index is 368. The van der Waals surface area contributed by atoms with Crippen molar-refractivity contribution in [2.45, 2.75) is 25.9 Å². The van der Waals surface area contributed by atoms with Crippen molar-refractivity contribution in [3.05, 3.63) is 29.6 Å². The predicted molar refractivity (Wildman–Crippen MR) is 68.7 cm³/mol. The van der Waals surface area contributed by atoms with E-state index in [1.807, 2.05) is 24.9 Å². The van der Waals surface area contributed by atoms with Gasteiger partial charge in [-0.1, -0.05) is 6.07 Å². The molecule has 2 atom stereocenters. The lowest BCUT2D eigenvalue weighted by Gasteiger charge is -2.29. The molecule has 0 aliphatic rings. The Labute approximate surface area is 102 Å². The summed E-state index contributed by atoms with van der Waals surface area (Å²) in [5.74, 6) is -0.256. The van der Waals surface area contributed by atoms with Gasteiger partial charge in [-0.15, -0.1) is 0 Å². The summed E-state index contributed by atoms with van der Waals surface area (Å²) in [6.45, 7) is 4.40. The summed E-state index contributed by atoms with van der Waals surface area (Å²) in [5.41, 5.74) is 7.21. The molecule has 0 saturated carbocycles. The zero-order chi connectivity index (χ0) is 13.0. The van der Waals surface area contributed by atoms with Gasteiger partial charge in [0.25, 0.3) is 0 Å². The minimum absolute atomic E-state index is 0.166. The molecule has 0 heterocycles. The van der Waals surface area contributed by atoms with Crippen LogP contribution in [0.25, 0.3) is 0 Å². The van der Waals surface area contributed by atoms with Crippen LogP contribution in [0.2, 0.25) is 0 Å². The highest BCUT2D eigenvalue weighted by atomic mass is 19.1. The highest BCUT2D eigenvalue weighted by molar-refractivity contribution is 5.55. The lowest BCUT2D eigenvalue weighted by molar-refractivity contribution is 0.183. The van der Waals surface area contributed by atoms with E-state index in [0.717, 1.165) is 5.69 Å². The zero-order valence-corrected chi connectivity index (χ0v) is 10.9. The third-order valence-corrected chi connectivity index (χ3v) is 2.93. The number of nitrogens with zero attached hydrogens (tertiary/aromatic N) is 1. The maximum atomic E-state index is 13.8. The topological polar surface area (TPSA) is 38.5 Å². The van der Waals surface area contributed by atoms with Crippen LogP contribution >= 0.6 is 0 Å². The second kappa shape index (κ2) is 5.98. The van der Waals surface area contributed by atoms with Crippen molar-refractivity contribution in [3.8, 4) is 0 Å². The standard InChI is InChI=1S/C13H21FN2O/c1-9(8-17-4)16(3)12-7-5-6-11(14)13(12)10(2)15/h5-7,9-10H,8,15H2,1-4H3/t9?,10-/m0/s1. The number of methoxy groups -OCH3 is 1. The number of halogens is 1. The summed E-state index contributed by atoms with van der Waals surface area (Å²) < 4.78 is 18.9. The summed E-state index contributed by atoms with van der Waals surface area (Å²) in [6, 6.07) is 4.86. The third kappa shape index (κ3) is 3.17. The van der Waals surface area contributed by atoms with E-state index in [4.69, 9.17) is 10.5 Å². The normalized spacial score (nSPS) is 14.5. The van der Waals surface area contributed by atoms with Crippen LogP contribution < -0.4 is 10.6 Å². The molecule has 1 aromatic rings. The molecule has 3 nitrogen and oxygen atoms in total. The highest BCUT2D eigenvalue weighted by Gasteiger charge is 2.18. The molecule has 0 bridgehead atoms. The summed E-state index contributed by atoms with van der Waals surface area (Å²) in [5, 5.41) is 0. The molecular weight excluding hydrogens is 219 g/mol. The summed E-state index contributed by atoms with van der Waals surface area (Å²) in [6.07, 6.45) is 0. The second-order valence-corrected chi connectivity index (χ2v) is 4.38. The van der Waals surface area contributed by atoms with Crippen LogP contribution in [0.1, 0.15) is 25.5 Å². The van der Waals surface area contributed by atoms with Crippen molar-refractivity contribution in [1.29, 1.82) is 0 Å². The fraction of sp³-hybridized carbons (Fsp3) is 0.538. The fourth-order valence-electron chi connectivity index (χ4n) is 1.87. The molecule has 0 aromatic heterocycles. The fourth-order valence-corrected chi connectivity index (χ4v) is 1.87. The molecule has 2 N–H and O–H groups in total. The number of hydrogen-bond acceptors (Lipinski definition) is 3. The monoisotopic (exact) mass is 240 g/mol. The van der Waals surface area contributed by atoms with Crippen LogP contribution in [-0.4, -0.2) is 26.8 Å². The van der Waals surface area contributed by atoms with Crippen molar-refractivity contribution >= 4 is 5.69 Å². The molecule has 1 aromatic carbocycles. The number of rotatable bonds is 5. The van der Waals surface area contributed by atoms with Gasteiger partial charge in [0.15, 0.2) is 0 Å². The van der Waals surface area contributed by atoms with Crippen LogP contribution in [0, 0.1) is 5.82 Å². The van der Waals surface area contributed by atoms with Crippen molar-refractivity contribution in [2.75, 3.05) is 25.7 Å². The van der Waals surface area contributed by atoms with Gasteiger partial charge in [-0.3, -0.25) is 0 Å². The van der Waals surface area contributed by atoms with Crippen LogP contribution in [0.15, 0.2) is 18.2 Å². The summed E-state index contributed by atoms with van der Waals surface area (Å²) in [4.78, 5) is 1.99. The molecule has 0 spiro atoms. The number of nitrogens with two attached hydrogens (primary N) is 1. The Morgan fingerprint density at radius 3 is 2.59 bits per heavy atom. The Kier molecular flexibility index (Phi) is 4.90. The van der Waals surface area contributed by atoms with Crippen LogP contribution in [0.4, 0.5) is 10.1 Å². The average Bonchev–Trinajstić information content (AvgIpc) is 2.27. The van der Waals surface area contributed by atoms with E-state index >= 15 is 0 Å². The van der Waals surface area contributed by atoms with Gasteiger partial charge in [-0.05, 0) is 26.0 Å². The lowest BCUT2D eigenvalue weighted by Crippen LogP contribution is -2.34. The molecule has 1 rings (SSSR count). The second-order valence-electron chi connectivity index (χ2n) is 4.38. The van der Waals surface area contributed by atoms with E-state index in [0.29, 0.717) is 12.2 Å². The average molecular weight is 240 g/mol. The van der Waals surface area contributed by atoms with Gasteiger partial charge in [-0.2, -0.15) is 0 Å². The predicted octanol–water partition coefficient (Wildman–Crippen LogP) is 2.32. The van der Waals surface area contributed by atoms with E-state index in [2.05, 4.69) is 0 Å². The summed E-state index contributed by atoms with van der Waals surface area (Å²) in [7, 11) is 3.58. The molecule has 4 heteroatoms. The Morgan fingerprint density at radius 1 is 1.41 bits per heavy atom. The zero-order valence-electron chi connectivity index (χ0n) is 10.9. The van der Waals surface area contributed by atoms with Crippen molar-refractivity contribution in [1.82, 2.24) is 0 Å². The smallest absolute Gasteiger partial charge is 0.130 e. The lowest BCUT2D eigenvalue weighted by atomic mass is 10.0. The van der Waals surface area contributed by atoms with E-state index in [1.165, 1.54) is 6.07 Å². The first-order valence-electron chi connectivity index (χ1n) is 5.74. The molecule has 0 aliphatic heterocycles. The van der Waals surface area contributed by atoms with Crippen LogP contribution in [-0.2, 0) is 4.74 Å². The van der Waals surface area contributed by atoms with Gasteiger partial charge in [0, 0.05) is 37.5 Å². The van der Waals surface area contributed by atoms with Crippen LogP contribution in [0.5, 0.6) is 0 Å². The number of hydrogen-bond donors (Lipinski definition) is 1. The summed E-state index contributed by atoms with van der Waals surface area (Å²) >= 11 is 0. The molecule has 0 radical (unpaired) electrons. The molecule has 17 heavy (non-hydrogen) atoms. The van der Waals surface area contributed by atoms with Crippen LogP contribution in [0.3, 0.4) is 0 Å². The Balaban J connectivity index is 3.08. The minimum Gasteiger partial charge on any atom is -0.383 e. The van der Waals surface area contributed by atoms with Gasteiger partial charge in [0.1, 0.15) is 5.82 Å². The largest absolute Gasteiger partial charge is 0.383 e. The first-order chi connectivity index (χ1) is 7.99. The SMILES string of the molecule is COCC(C)N(C)c1cccc(F)c1[C@H](C)N. The van der Waals surface area contributed by atoms with E-state index < -0.39 is 0 Å². The van der Waals surface area contributed by atoms with Crippen molar-refractivity contribution in [2.24, 2.45) is 5.73 Å².